The lowest BCUT2D eigenvalue weighted by molar-refractivity contribution is -0.145. The highest BCUT2D eigenvalue weighted by Crippen LogP contribution is 2.25. The third-order valence-electron chi connectivity index (χ3n) is 9.55. The molecule has 5 N–H and O–H groups in total. The molecule has 55 heavy (non-hydrogen) atoms. The minimum absolute atomic E-state index is 0.00273. The fraction of sp³-hybridized carbons (Fsp3) is 0.487. The van der Waals surface area contributed by atoms with Gasteiger partial charge < -0.3 is 30.6 Å². The molecular formula is C39H54N6O10. The maximum atomic E-state index is 13.7. The third kappa shape index (κ3) is 15.2. The lowest BCUT2D eigenvalue weighted by Crippen LogP contribution is -2.52. The van der Waals surface area contributed by atoms with Crippen molar-refractivity contribution in [3.05, 3.63) is 71.8 Å². The Morgan fingerprint density at radius 3 is 1.71 bits per heavy atom. The van der Waals surface area contributed by atoms with Gasteiger partial charge in [0, 0.05) is 77.4 Å². The number of hydrogen-bond donors (Lipinski definition) is 5. The zero-order valence-corrected chi connectivity index (χ0v) is 31.5. The number of para-hydroxylation sites is 1. The summed E-state index contributed by atoms with van der Waals surface area (Å²) in [6.45, 7) is 6.50. The molecule has 3 rings (SSSR count). The first-order valence-electron chi connectivity index (χ1n) is 18.5. The van der Waals surface area contributed by atoms with Crippen molar-refractivity contribution in [2.75, 3.05) is 83.4 Å². The topological polar surface area (TPSA) is 212 Å². The molecule has 1 aliphatic rings. The quantitative estimate of drug-likeness (QED) is 0.138. The van der Waals surface area contributed by atoms with Crippen molar-refractivity contribution in [3.63, 3.8) is 0 Å². The maximum absolute atomic E-state index is 13.7. The summed E-state index contributed by atoms with van der Waals surface area (Å²) >= 11 is 0. The number of carbonyl (C=O) groups excluding carboxylic acids is 2. The number of nitrogens with one attached hydrogen (secondary N) is 1. The van der Waals surface area contributed by atoms with Gasteiger partial charge in [0.1, 0.15) is 6.04 Å². The van der Waals surface area contributed by atoms with Gasteiger partial charge in [0.05, 0.1) is 26.2 Å². The van der Waals surface area contributed by atoms with Crippen LogP contribution in [-0.2, 0) is 41.7 Å². The lowest BCUT2D eigenvalue weighted by Gasteiger charge is -2.35. The fourth-order valence-corrected chi connectivity index (χ4v) is 6.60. The number of amides is 2. The van der Waals surface area contributed by atoms with E-state index >= 15 is 0 Å². The van der Waals surface area contributed by atoms with E-state index in [0.29, 0.717) is 13.0 Å². The second-order valence-electron chi connectivity index (χ2n) is 13.4. The summed E-state index contributed by atoms with van der Waals surface area (Å²) in [7, 11) is 0. The molecule has 1 unspecified atom stereocenters. The first kappa shape index (κ1) is 44.2. The zero-order chi connectivity index (χ0) is 40.3. The minimum Gasteiger partial charge on any atom is -0.480 e. The predicted octanol–water partition coefficient (Wildman–Crippen LogP) is 1.64. The number of aliphatic carboxylic acids is 4. The van der Waals surface area contributed by atoms with E-state index in [9.17, 15) is 49.2 Å². The van der Waals surface area contributed by atoms with Crippen LogP contribution in [0.1, 0.15) is 42.9 Å². The van der Waals surface area contributed by atoms with Gasteiger partial charge in [0.2, 0.25) is 11.8 Å². The first-order chi connectivity index (χ1) is 26.3. The summed E-state index contributed by atoms with van der Waals surface area (Å²) in [5.41, 5.74) is 3.59. The standard InChI is InChI=1S/C39H54N6O10/c1-3-29-9-5-6-11-31(29)25-45(32-12-8-7-10-30(32)4-2)35(47)15-16-40-34(46)14-13-33(39(54)55)44-23-21-42(27-37(50)51)19-17-41(26-36(48)49)18-20-43(22-24-44)28-38(52)53/h3,5-12,33H,1,4,13-28H2,2H3,(H,40,46)(H,48,49)(H,50,51)(H,52,53)(H,54,55). The maximum Gasteiger partial charge on any atom is 0.320 e. The molecule has 0 spiro atoms. The van der Waals surface area contributed by atoms with Crippen LogP contribution >= 0.6 is 0 Å². The summed E-state index contributed by atoms with van der Waals surface area (Å²) in [4.78, 5) is 82.2. The van der Waals surface area contributed by atoms with E-state index < -0.39 is 35.8 Å². The van der Waals surface area contributed by atoms with Crippen LogP contribution in [0.2, 0.25) is 0 Å². The largest absolute Gasteiger partial charge is 0.480 e. The molecule has 300 valence electrons. The van der Waals surface area contributed by atoms with Crippen molar-refractivity contribution >= 4 is 47.5 Å². The van der Waals surface area contributed by atoms with Crippen LogP contribution in [0.5, 0.6) is 0 Å². The van der Waals surface area contributed by atoms with Crippen molar-refractivity contribution in [2.24, 2.45) is 0 Å². The number of anilines is 1. The van der Waals surface area contributed by atoms with E-state index in [2.05, 4.69) is 11.9 Å². The molecule has 1 saturated heterocycles. The average molecular weight is 767 g/mol. The van der Waals surface area contributed by atoms with Gasteiger partial charge in [-0.3, -0.25) is 48.4 Å². The molecule has 1 atom stereocenters. The molecule has 0 aromatic heterocycles. The molecule has 1 aliphatic heterocycles. The van der Waals surface area contributed by atoms with E-state index in [-0.39, 0.29) is 104 Å². The Labute approximate surface area is 321 Å². The van der Waals surface area contributed by atoms with Crippen LogP contribution in [0.3, 0.4) is 0 Å². The Morgan fingerprint density at radius 1 is 0.727 bits per heavy atom. The number of hydrogen-bond acceptors (Lipinski definition) is 10. The average Bonchev–Trinajstić information content (AvgIpc) is 3.13. The molecule has 1 heterocycles. The number of carboxylic acids is 4. The Hall–Kier alpha value is -5.16. The Balaban J connectivity index is 1.69. The lowest BCUT2D eigenvalue weighted by atomic mass is 10.0. The monoisotopic (exact) mass is 766 g/mol. The summed E-state index contributed by atoms with van der Waals surface area (Å²) in [5, 5.41) is 41.4. The SMILES string of the molecule is C=Cc1ccccc1CN(C(=O)CCNC(=O)CCC(C(=O)O)N1CCN(CC(=O)O)CCN(CC(=O)O)CCN(CC(=O)O)CC1)c1ccccc1CC. The van der Waals surface area contributed by atoms with Crippen molar-refractivity contribution in [1.29, 1.82) is 0 Å². The zero-order valence-electron chi connectivity index (χ0n) is 31.5. The molecular weight excluding hydrogens is 712 g/mol. The molecule has 1 fully saturated rings. The van der Waals surface area contributed by atoms with Crippen molar-refractivity contribution < 1.29 is 49.2 Å². The molecule has 2 amide bonds. The summed E-state index contributed by atoms with van der Waals surface area (Å²) in [6, 6.07) is 14.2. The molecule has 16 nitrogen and oxygen atoms in total. The summed E-state index contributed by atoms with van der Waals surface area (Å²) in [6.07, 6.45) is 2.19. The van der Waals surface area contributed by atoms with Crippen LogP contribution in [0.4, 0.5) is 5.69 Å². The van der Waals surface area contributed by atoms with Gasteiger partial charge in [-0.05, 0) is 35.6 Å². The number of nitrogens with zero attached hydrogens (tertiary/aromatic N) is 5. The van der Waals surface area contributed by atoms with Crippen molar-refractivity contribution in [3.8, 4) is 0 Å². The molecule has 0 bridgehead atoms. The van der Waals surface area contributed by atoms with Gasteiger partial charge in [-0.15, -0.1) is 0 Å². The third-order valence-corrected chi connectivity index (χ3v) is 9.55. The van der Waals surface area contributed by atoms with Crippen LogP contribution in [0.25, 0.3) is 6.08 Å². The van der Waals surface area contributed by atoms with E-state index in [1.165, 1.54) is 0 Å². The second kappa shape index (κ2) is 22.9. The number of benzene rings is 2. The predicted molar refractivity (Wildman–Crippen MR) is 206 cm³/mol. The number of rotatable bonds is 19. The smallest absolute Gasteiger partial charge is 0.320 e. The molecule has 0 saturated carbocycles. The van der Waals surface area contributed by atoms with Crippen LogP contribution in [0.15, 0.2) is 55.1 Å². The molecule has 2 aromatic carbocycles. The highest BCUT2D eigenvalue weighted by atomic mass is 16.4. The van der Waals surface area contributed by atoms with E-state index in [0.717, 1.165) is 22.4 Å². The van der Waals surface area contributed by atoms with E-state index in [4.69, 9.17) is 0 Å². The van der Waals surface area contributed by atoms with Gasteiger partial charge in [0.15, 0.2) is 0 Å². The van der Waals surface area contributed by atoms with Crippen LogP contribution in [0, 0.1) is 0 Å². The van der Waals surface area contributed by atoms with Gasteiger partial charge in [0.25, 0.3) is 0 Å². The Morgan fingerprint density at radius 2 is 1.22 bits per heavy atom. The molecule has 0 aliphatic carbocycles. The first-order valence-corrected chi connectivity index (χ1v) is 18.5. The number of carbonyl (C=O) groups is 6. The summed E-state index contributed by atoms with van der Waals surface area (Å²) in [5.74, 6) is -5.10. The molecule has 2 aromatic rings. The number of aryl methyl sites for hydroxylation is 1. The second-order valence-corrected chi connectivity index (χ2v) is 13.4. The highest BCUT2D eigenvalue weighted by Gasteiger charge is 2.29. The van der Waals surface area contributed by atoms with E-state index in [1.54, 1.807) is 30.6 Å². The normalized spacial score (nSPS) is 15.9. The van der Waals surface area contributed by atoms with Crippen LogP contribution in [-0.4, -0.2) is 160 Å². The van der Waals surface area contributed by atoms with Gasteiger partial charge in [-0.1, -0.05) is 62.0 Å². The van der Waals surface area contributed by atoms with Crippen molar-refractivity contribution in [2.45, 2.75) is 45.2 Å². The highest BCUT2D eigenvalue weighted by molar-refractivity contribution is 5.94. The fourth-order valence-electron chi connectivity index (χ4n) is 6.60. The minimum atomic E-state index is -1.19. The van der Waals surface area contributed by atoms with Gasteiger partial charge in [-0.25, -0.2) is 0 Å². The van der Waals surface area contributed by atoms with Gasteiger partial charge in [-0.2, -0.15) is 0 Å². The Kier molecular flexibility index (Phi) is 18.4. The van der Waals surface area contributed by atoms with Crippen molar-refractivity contribution in [1.82, 2.24) is 24.9 Å². The molecule has 0 radical (unpaired) electrons. The number of carboxylic acid groups (broad SMARTS) is 4. The van der Waals surface area contributed by atoms with Crippen LogP contribution < -0.4 is 10.2 Å². The van der Waals surface area contributed by atoms with E-state index in [1.807, 2.05) is 55.5 Å². The Bertz CT molecular complexity index is 1610. The summed E-state index contributed by atoms with van der Waals surface area (Å²) < 4.78 is 0. The van der Waals surface area contributed by atoms with Gasteiger partial charge >= 0.3 is 23.9 Å². The molecule has 16 heteroatoms.